The van der Waals surface area contributed by atoms with Gasteiger partial charge in [0.15, 0.2) is 6.61 Å². The molecule has 2 aromatic carbocycles. The second kappa shape index (κ2) is 8.70. The number of benzene rings is 2. The van der Waals surface area contributed by atoms with E-state index < -0.39 is 28.5 Å². The number of hydrogen-bond donors (Lipinski definition) is 2. The number of carbonyl (C=O) groups is 2. The molecule has 0 radical (unpaired) electrons. The van der Waals surface area contributed by atoms with Crippen LogP contribution in [0.2, 0.25) is 0 Å². The van der Waals surface area contributed by atoms with E-state index in [2.05, 4.69) is 5.32 Å². The molecule has 0 bridgehead atoms. The smallest absolute Gasteiger partial charge is 0.340 e. The molecule has 1 aromatic heterocycles. The zero-order valence-corrected chi connectivity index (χ0v) is 17.6. The van der Waals surface area contributed by atoms with Crippen LogP contribution in [0.15, 0.2) is 59.5 Å². The maximum atomic E-state index is 13.2. The van der Waals surface area contributed by atoms with Gasteiger partial charge in [-0.25, -0.2) is 22.7 Å². The average molecular weight is 445 g/mol. The third-order valence-electron chi connectivity index (χ3n) is 4.52. The summed E-state index contributed by atoms with van der Waals surface area (Å²) in [4.78, 5) is 24.4. The number of amides is 1. The highest BCUT2D eigenvalue weighted by Crippen LogP contribution is 2.22. The number of sulfonamides is 1. The standard InChI is InChI=1S/C21H20FN3O5S/c1-13-10-19(14(2)25(13)17-8-6-15(22)7-9-17)21(27)30-12-20(26)24-16-4-3-5-18(11-16)31(23,28)29/h3-11H,12H2,1-2H3,(H,24,26)(H2,23,28,29). The molecule has 0 saturated heterocycles. The summed E-state index contributed by atoms with van der Waals surface area (Å²) in [5, 5.41) is 7.51. The number of carbonyl (C=O) groups excluding carboxylic acids is 2. The zero-order chi connectivity index (χ0) is 22.8. The molecule has 3 aromatic rings. The number of halogens is 1. The maximum Gasteiger partial charge on any atom is 0.340 e. The molecule has 0 aliphatic rings. The first-order chi connectivity index (χ1) is 14.6. The maximum absolute atomic E-state index is 13.2. The molecule has 3 N–H and O–H groups in total. The Balaban J connectivity index is 1.68. The zero-order valence-electron chi connectivity index (χ0n) is 16.8. The Hall–Kier alpha value is -3.50. The first kappa shape index (κ1) is 22.2. The summed E-state index contributed by atoms with van der Waals surface area (Å²) < 4.78 is 42.9. The van der Waals surface area contributed by atoms with Crippen LogP contribution in [0.1, 0.15) is 21.7 Å². The summed E-state index contributed by atoms with van der Waals surface area (Å²) in [5.41, 5.74) is 2.46. The van der Waals surface area contributed by atoms with E-state index in [0.29, 0.717) is 11.4 Å². The predicted molar refractivity (Wildman–Crippen MR) is 112 cm³/mol. The van der Waals surface area contributed by atoms with Crippen molar-refractivity contribution in [3.63, 3.8) is 0 Å². The Labute approximate surface area is 178 Å². The first-order valence-electron chi connectivity index (χ1n) is 9.11. The van der Waals surface area contributed by atoms with Gasteiger partial charge in [0.25, 0.3) is 5.91 Å². The molecule has 0 spiro atoms. The summed E-state index contributed by atoms with van der Waals surface area (Å²) in [7, 11) is -3.91. The number of aryl methyl sites for hydroxylation is 1. The van der Waals surface area contributed by atoms with Crippen molar-refractivity contribution in [2.45, 2.75) is 18.7 Å². The quantitative estimate of drug-likeness (QED) is 0.565. The van der Waals surface area contributed by atoms with Crippen molar-refractivity contribution in [2.75, 3.05) is 11.9 Å². The van der Waals surface area contributed by atoms with Crippen molar-refractivity contribution in [1.82, 2.24) is 4.57 Å². The number of hydrogen-bond acceptors (Lipinski definition) is 5. The van der Waals surface area contributed by atoms with Gasteiger partial charge >= 0.3 is 5.97 Å². The van der Waals surface area contributed by atoms with Crippen LogP contribution in [0.25, 0.3) is 5.69 Å². The van der Waals surface area contributed by atoms with Crippen LogP contribution in [0.4, 0.5) is 10.1 Å². The fourth-order valence-corrected chi connectivity index (χ4v) is 3.67. The van der Waals surface area contributed by atoms with Crippen molar-refractivity contribution in [3.8, 4) is 5.69 Å². The lowest BCUT2D eigenvalue weighted by atomic mass is 10.2. The topological polar surface area (TPSA) is 120 Å². The minimum Gasteiger partial charge on any atom is -0.452 e. The number of nitrogens with one attached hydrogen (secondary N) is 1. The molecular weight excluding hydrogens is 425 g/mol. The molecule has 31 heavy (non-hydrogen) atoms. The van der Waals surface area contributed by atoms with Crippen molar-refractivity contribution < 1.29 is 27.1 Å². The molecule has 0 saturated carbocycles. The largest absolute Gasteiger partial charge is 0.452 e. The molecule has 3 rings (SSSR count). The van der Waals surface area contributed by atoms with Crippen molar-refractivity contribution >= 4 is 27.6 Å². The highest BCUT2D eigenvalue weighted by atomic mass is 32.2. The van der Waals surface area contributed by atoms with Crippen LogP contribution in [0.5, 0.6) is 0 Å². The van der Waals surface area contributed by atoms with E-state index in [1.807, 2.05) is 0 Å². The van der Waals surface area contributed by atoms with Crippen molar-refractivity contribution in [2.24, 2.45) is 5.14 Å². The van der Waals surface area contributed by atoms with Gasteiger partial charge in [0.1, 0.15) is 5.82 Å². The van der Waals surface area contributed by atoms with E-state index in [1.165, 1.54) is 36.4 Å². The van der Waals surface area contributed by atoms with Gasteiger partial charge in [0, 0.05) is 22.8 Å². The third kappa shape index (κ3) is 5.16. The van der Waals surface area contributed by atoms with Crippen LogP contribution in [-0.4, -0.2) is 31.5 Å². The van der Waals surface area contributed by atoms with Gasteiger partial charge in [-0.1, -0.05) is 6.07 Å². The number of nitrogens with two attached hydrogens (primary N) is 1. The fourth-order valence-electron chi connectivity index (χ4n) is 3.11. The molecule has 0 fully saturated rings. The van der Waals surface area contributed by atoms with Crippen LogP contribution in [-0.2, 0) is 19.6 Å². The third-order valence-corrected chi connectivity index (χ3v) is 5.43. The molecule has 0 aliphatic heterocycles. The van der Waals surface area contributed by atoms with Crippen LogP contribution in [0.3, 0.4) is 0 Å². The Morgan fingerprint density at radius 2 is 1.77 bits per heavy atom. The second-order valence-corrected chi connectivity index (χ2v) is 8.36. The molecule has 0 unspecified atom stereocenters. The monoisotopic (exact) mass is 445 g/mol. The summed E-state index contributed by atoms with van der Waals surface area (Å²) in [5.74, 6) is -1.71. The number of nitrogens with zero attached hydrogens (tertiary/aromatic N) is 1. The Morgan fingerprint density at radius 1 is 1.10 bits per heavy atom. The molecule has 0 atom stereocenters. The van der Waals surface area contributed by atoms with Gasteiger partial charge in [-0.2, -0.15) is 0 Å². The lowest BCUT2D eigenvalue weighted by molar-refractivity contribution is -0.119. The molecule has 10 heteroatoms. The Morgan fingerprint density at radius 3 is 2.42 bits per heavy atom. The van der Waals surface area contributed by atoms with Crippen molar-refractivity contribution in [3.05, 3.63) is 77.4 Å². The van der Waals surface area contributed by atoms with Crippen LogP contribution >= 0.6 is 0 Å². The normalized spacial score (nSPS) is 11.2. The van der Waals surface area contributed by atoms with Gasteiger partial charge < -0.3 is 14.6 Å². The molecule has 1 amide bonds. The van der Waals surface area contributed by atoms with Crippen molar-refractivity contribution in [1.29, 1.82) is 0 Å². The summed E-state index contributed by atoms with van der Waals surface area (Å²) in [6.07, 6.45) is 0. The van der Waals surface area contributed by atoms with E-state index in [4.69, 9.17) is 9.88 Å². The Kier molecular flexibility index (Phi) is 6.23. The number of rotatable bonds is 6. The van der Waals surface area contributed by atoms with Gasteiger partial charge in [-0.05, 0) is 62.4 Å². The lowest BCUT2D eigenvalue weighted by Crippen LogP contribution is -2.21. The fraction of sp³-hybridized carbons (Fsp3) is 0.143. The first-order valence-corrected chi connectivity index (χ1v) is 10.7. The minimum atomic E-state index is -3.91. The van der Waals surface area contributed by atoms with Crippen LogP contribution < -0.4 is 10.5 Å². The molecule has 1 heterocycles. The number of ether oxygens (including phenoxy) is 1. The van der Waals surface area contributed by atoms with Crippen LogP contribution in [0, 0.1) is 19.7 Å². The van der Waals surface area contributed by atoms with E-state index >= 15 is 0 Å². The second-order valence-electron chi connectivity index (χ2n) is 6.79. The average Bonchev–Trinajstić information content (AvgIpc) is 3.01. The Bertz CT molecular complexity index is 1250. The van der Waals surface area contributed by atoms with Gasteiger partial charge in [0.2, 0.25) is 10.0 Å². The highest BCUT2D eigenvalue weighted by Gasteiger charge is 2.19. The number of primary sulfonamides is 1. The summed E-state index contributed by atoms with van der Waals surface area (Å²) >= 11 is 0. The minimum absolute atomic E-state index is 0.157. The van der Waals surface area contributed by atoms with Gasteiger partial charge in [0.05, 0.1) is 10.5 Å². The van der Waals surface area contributed by atoms with E-state index in [1.54, 1.807) is 36.6 Å². The van der Waals surface area contributed by atoms with E-state index in [-0.39, 0.29) is 22.0 Å². The molecule has 0 aliphatic carbocycles. The van der Waals surface area contributed by atoms with Gasteiger partial charge in [-0.3, -0.25) is 4.79 Å². The highest BCUT2D eigenvalue weighted by molar-refractivity contribution is 7.89. The van der Waals surface area contributed by atoms with E-state index in [9.17, 15) is 22.4 Å². The summed E-state index contributed by atoms with van der Waals surface area (Å²) in [6, 6.07) is 12.8. The number of aromatic nitrogens is 1. The lowest BCUT2D eigenvalue weighted by Gasteiger charge is -2.10. The number of anilines is 1. The van der Waals surface area contributed by atoms with E-state index in [0.717, 1.165) is 5.69 Å². The number of esters is 1. The molecule has 162 valence electrons. The predicted octanol–water partition coefficient (Wildman–Crippen LogP) is 2.68. The molecule has 8 nitrogen and oxygen atoms in total. The SMILES string of the molecule is Cc1cc(C(=O)OCC(=O)Nc2cccc(S(N)(=O)=O)c2)c(C)n1-c1ccc(F)cc1. The molecular formula is C21H20FN3O5S. The van der Waals surface area contributed by atoms with Gasteiger partial charge in [-0.15, -0.1) is 0 Å². The summed E-state index contributed by atoms with van der Waals surface area (Å²) in [6.45, 7) is 2.93.